The summed E-state index contributed by atoms with van der Waals surface area (Å²) in [4.78, 5) is 27.1. The van der Waals surface area contributed by atoms with Crippen molar-refractivity contribution >= 4 is 27.6 Å². The Bertz CT molecular complexity index is 1310. The molecular weight excluding hydrogens is 514 g/mol. The molecule has 2 heterocycles. The average molecular weight is 548 g/mol. The molecule has 0 aliphatic carbocycles. The minimum atomic E-state index is -3.80. The van der Waals surface area contributed by atoms with Gasteiger partial charge in [0.05, 0.1) is 31.9 Å². The first-order chi connectivity index (χ1) is 18.2. The SMILES string of the molecule is COc1cc2c(cc1OC)CN(S(=O)(=O)c1ccc(OC)c(N3CCN(C(=O)COC(C)=O)CC3)c1)CC2. The molecule has 0 bridgehead atoms. The zero-order valence-electron chi connectivity index (χ0n) is 22.1. The van der Waals surface area contributed by atoms with Crippen LogP contribution in [0.5, 0.6) is 17.2 Å². The molecule has 2 aromatic rings. The number of carbonyl (C=O) groups excluding carboxylic acids is 2. The summed E-state index contributed by atoms with van der Waals surface area (Å²) in [6.07, 6.45) is 0.557. The molecule has 206 valence electrons. The molecule has 0 aromatic heterocycles. The maximum atomic E-state index is 13.7. The van der Waals surface area contributed by atoms with E-state index in [0.29, 0.717) is 62.1 Å². The summed E-state index contributed by atoms with van der Waals surface area (Å²) in [6, 6.07) is 8.58. The number of benzene rings is 2. The molecule has 1 saturated heterocycles. The van der Waals surface area contributed by atoms with E-state index in [9.17, 15) is 18.0 Å². The van der Waals surface area contributed by atoms with E-state index in [2.05, 4.69) is 0 Å². The minimum Gasteiger partial charge on any atom is -0.495 e. The van der Waals surface area contributed by atoms with Gasteiger partial charge in [0.15, 0.2) is 18.1 Å². The van der Waals surface area contributed by atoms with Gasteiger partial charge < -0.3 is 28.7 Å². The normalized spacial score (nSPS) is 16.0. The van der Waals surface area contributed by atoms with Crippen LogP contribution in [0.2, 0.25) is 0 Å². The van der Waals surface area contributed by atoms with Gasteiger partial charge in [0.25, 0.3) is 5.91 Å². The molecule has 11 nitrogen and oxygen atoms in total. The third-order valence-electron chi connectivity index (χ3n) is 6.84. The number of sulfonamides is 1. The molecular formula is C26H33N3O8S. The lowest BCUT2D eigenvalue weighted by molar-refractivity contribution is -0.150. The lowest BCUT2D eigenvalue weighted by Gasteiger charge is -2.36. The van der Waals surface area contributed by atoms with E-state index in [-0.39, 0.29) is 24.0 Å². The van der Waals surface area contributed by atoms with Crippen molar-refractivity contribution in [2.24, 2.45) is 0 Å². The monoisotopic (exact) mass is 547 g/mol. The molecule has 0 spiro atoms. The first-order valence-corrected chi connectivity index (χ1v) is 13.7. The van der Waals surface area contributed by atoms with E-state index < -0.39 is 16.0 Å². The standard InChI is InChI=1S/C26H33N3O8S/c1-18(30)37-17-26(31)28-11-9-27(10-12-28)22-15-21(5-6-23(22)34-2)38(32,33)29-8-7-19-13-24(35-3)25(36-4)14-20(19)16-29/h5-6,13-15H,7-12,16-17H2,1-4H3. The fourth-order valence-corrected chi connectivity index (χ4v) is 6.18. The maximum Gasteiger partial charge on any atom is 0.303 e. The van der Waals surface area contributed by atoms with Gasteiger partial charge in [0, 0.05) is 46.2 Å². The molecule has 2 aromatic carbocycles. The van der Waals surface area contributed by atoms with Crippen LogP contribution in [-0.4, -0.2) is 90.2 Å². The third-order valence-corrected chi connectivity index (χ3v) is 8.68. The van der Waals surface area contributed by atoms with Crippen molar-refractivity contribution in [1.29, 1.82) is 0 Å². The van der Waals surface area contributed by atoms with Crippen molar-refractivity contribution in [3.05, 3.63) is 41.5 Å². The van der Waals surface area contributed by atoms with Crippen LogP contribution in [0.15, 0.2) is 35.2 Å². The van der Waals surface area contributed by atoms with Gasteiger partial charge in [-0.15, -0.1) is 0 Å². The highest BCUT2D eigenvalue weighted by atomic mass is 32.2. The number of esters is 1. The van der Waals surface area contributed by atoms with E-state index >= 15 is 0 Å². The zero-order valence-corrected chi connectivity index (χ0v) is 22.9. The fraction of sp³-hybridized carbons (Fsp3) is 0.462. The van der Waals surface area contributed by atoms with Crippen molar-refractivity contribution in [1.82, 2.24) is 9.21 Å². The van der Waals surface area contributed by atoms with Gasteiger partial charge in [-0.05, 0) is 47.9 Å². The number of nitrogens with zero attached hydrogens (tertiary/aromatic N) is 3. The summed E-state index contributed by atoms with van der Waals surface area (Å²) in [5.74, 6) is 0.960. The number of hydrogen-bond acceptors (Lipinski definition) is 9. The Morgan fingerprint density at radius 3 is 2.08 bits per heavy atom. The van der Waals surface area contributed by atoms with Gasteiger partial charge >= 0.3 is 5.97 Å². The van der Waals surface area contributed by atoms with Crippen LogP contribution in [0, 0.1) is 0 Å². The fourth-order valence-electron chi connectivity index (χ4n) is 4.74. The zero-order chi connectivity index (χ0) is 27.4. The first kappa shape index (κ1) is 27.5. The highest BCUT2D eigenvalue weighted by Gasteiger charge is 2.31. The Morgan fingerprint density at radius 1 is 0.842 bits per heavy atom. The first-order valence-electron chi connectivity index (χ1n) is 12.3. The lowest BCUT2D eigenvalue weighted by atomic mass is 10.0. The molecule has 0 unspecified atom stereocenters. The molecule has 12 heteroatoms. The van der Waals surface area contributed by atoms with Gasteiger partial charge in [-0.2, -0.15) is 4.31 Å². The highest BCUT2D eigenvalue weighted by Crippen LogP contribution is 2.36. The number of hydrogen-bond donors (Lipinski definition) is 0. The highest BCUT2D eigenvalue weighted by molar-refractivity contribution is 7.89. The van der Waals surface area contributed by atoms with Crippen molar-refractivity contribution in [3.8, 4) is 17.2 Å². The second-order valence-electron chi connectivity index (χ2n) is 9.05. The summed E-state index contributed by atoms with van der Waals surface area (Å²) < 4.78 is 50.0. The van der Waals surface area contributed by atoms with Gasteiger partial charge in [0.1, 0.15) is 5.75 Å². The van der Waals surface area contributed by atoms with Gasteiger partial charge in [0.2, 0.25) is 10.0 Å². The molecule has 0 saturated carbocycles. The van der Waals surface area contributed by atoms with Crippen molar-refractivity contribution in [2.45, 2.75) is 24.8 Å². The van der Waals surface area contributed by atoms with Crippen LogP contribution in [0.1, 0.15) is 18.1 Å². The Labute approximate surface area is 222 Å². The second-order valence-corrected chi connectivity index (χ2v) is 11.0. The van der Waals surface area contributed by atoms with E-state index in [0.717, 1.165) is 11.1 Å². The number of carbonyl (C=O) groups is 2. The predicted molar refractivity (Wildman–Crippen MR) is 139 cm³/mol. The number of ether oxygens (including phenoxy) is 4. The van der Waals surface area contributed by atoms with Crippen molar-refractivity contribution in [3.63, 3.8) is 0 Å². The van der Waals surface area contributed by atoms with Crippen molar-refractivity contribution < 1.29 is 37.0 Å². The molecule has 0 atom stereocenters. The van der Waals surface area contributed by atoms with Gasteiger partial charge in [-0.25, -0.2) is 8.42 Å². The quantitative estimate of drug-likeness (QED) is 0.455. The molecule has 1 amide bonds. The molecule has 38 heavy (non-hydrogen) atoms. The maximum absolute atomic E-state index is 13.7. The van der Waals surface area contributed by atoms with Crippen LogP contribution < -0.4 is 19.1 Å². The predicted octanol–water partition coefficient (Wildman–Crippen LogP) is 1.67. The van der Waals surface area contributed by atoms with Crippen LogP contribution in [-0.2, 0) is 37.3 Å². The minimum absolute atomic E-state index is 0.172. The summed E-state index contributed by atoms with van der Waals surface area (Å²) in [6.45, 7) is 3.31. The van der Waals surface area contributed by atoms with E-state index in [4.69, 9.17) is 18.9 Å². The summed E-state index contributed by atoms with van der Waals surface area (Å²) in [7, 11) is 0.864. The van der Waals surface area contributed by atoms with E-state index in [1.807, 2.05) is 17.0 Å². The largest absolute Gasteiger partial charge is 0.495 e. The molecule has 0 N–H and O–H groups in total. The Hall–Kier alpha value is -3.51. The molecule has 2 aliphatic rings. The van der Waals surface area contributed by atoms with Crippen LogP contribution in [0.4, 0.5) is 5.69 Å². The topological polar surface area (TPSA) is 115 Å². The molecule has 0 radical (unpaired) electrons. The Kier molecular flexibility index (Phi) is 8.32. The summed E-state index contributed by atoms with van der Waals surface area (Å²) in [5.41, 5.74) is 2.55. The number of fused-ring (bicyclic) bond motifs is 1. The second kappa shape index (κ2) is 11.5. The lowest BCUT2D eigenvalue weighted by Crippen LogP contribution is -2.50. The molecule has 1 fully saturated rings. The number of amides is 1. The average Bonchev–Trinajstić information content (AvgIpc) is 2.94. The van der Waals surface area contributed by atoms with Gasteiger partial charge in [-0.3, -0.25) is 9.59 Å². The molecule has 2 aliphatic heterocycles. The van der Waals surface area contributed by atoms with E-state index in [1.54, 1.807) is 37.3 Å². The Morgan fingerprint density at radius 2 is 1.47 bits per heavy atom. The van der Waals surface area contributed by atoms with Gasteiger partial charge in [-0.1, -0.05) is 0 Å². The number of anilines is 1. The number of methoxy groups -OCH3 is 3. The smallest absolute Gasteiger partial charge is 0.303 e. The summed E-state index contributed by atoms with van der Waals surface area (Å²) in [5, 5.41) is 0. The number of piperazine rings is 1. The van der Waals surface area contributed by atoms with Crippen LogP contribution in [0.3, 0.4) is 0 Å². The van der Waals surface area contributed by atoms with Crippen LogP contribution in [0.25, 0.3) is 0 Å². The van der Waals surface area contributed by atoms with E-state index in [1.165, 1.54) is 18.3 Å². The van der Waals surface area contributed by atoms with Crippen molar-refractivity contribution in [2.75, 3.05) is 65.6 Å². The Balaban J connectivity index is 1.52. The number of rotatable bonds is 8. The third kappa shape index (κ3) is 5.65. The molecule has 4 rings (SSSR count). The van der Waals surface area contributed by atoms with Crippen LogP contribution >= 0.6 is 0 Å². The summed E-state index contributed by atoms with van der Waals surface area (Å²) >= 11 is 0.